The van der Waals surface area contributed by atoms with Crippen LogP contribution in [0.5, 0.6) is 0 Å². The van der Waals surface area contributed by atoms with Gasteiger partial charge in [-0.1, -0.05) is 46.0 Å². The third-order valence-electron chi connectivity index (χ3n) is 4.39. The highest BCUT2D eigenvalue weighted by Crippen LogP contribution is 2.24. The molecule has 2 heteroatoms. The molecule has 2 nitrogen and oxygen atoms in total. The lowest BCUT2D eigenvalue weighted by molar-refractivity contribution is 0.129. The smallest absolute Gasteiger partial charge is 0.00953 e. The molecular weight excluding hydrogens is 208 g/mol. The molecule has 17 heavy (non-hydrogen) atoms. The van der Waals surface area contributed by atoms with Crippen LogP contribution in [0.4, 0.5) is 0 Å². The zero-order valence-corrected chi connectivity index (χ0v) is 12.0. The van der Waals surface area contributed by atoms with Crippen molar-refractivity contribution in [3.8, 4) is 0 Å². The van der Waals surface area contributed by atoms with Crippen molar-refractivity contribution in [2.24, 2.45) is 11.7 Å². The van der Waals surface area contributed by atoms with Gasteiger partial charge in [0.15, 0.2) is 0 Å². The van der Waals surface area contributed by atoms with E-state index in [1.807, 2.05) is 0 Å². The highest BCUT2D eigenvalue weighted by molar-refractivity contribution is 4.77. The van der Waals surface area contributed by atoms with Crippen LogP contribution in [0, 0.1) is 5.92 Å². The molecule has 0 aromatic carbocycles. The minimum absolute atomic E-state index is 0.839. The third kappa shape index (κ3) is 5.39. The standard InChI is InChI=1S/C15H32N2/c1-3-14(4-2)13-17(12-8-11-16)15-9-6-5-7-10-15/h14-15H,3-13,16H2,1-2H3. The van der Waals surface area contributed by atoms with E-state index in [1.54, 1.807) is 0 Å². The molecule has 1 saturated carbocycles. The summed E-state index contributed by atoms with van der Waals surface area (Å²) in [5, 5.41) is 0. The fraction of sp³-hybridized carbons (Fsp3) is 1.00. The van der Waals surface area contributed by atoms with Gasteiger partial charge in [-0.25, -0.2) is 0 Å². The molecule has 0 heterocycles. The summed E-state index contributed by atoms with van der Waals surface area (Å²) in [6, 6.07) is 0.857. The molecular formula is C15H32N2. The van der Waals surface area contributed by atoms with Crippen molar-refractivity contribution < 1.29 is 0 Å². The van der Waals surface area contributed by atoms with Crippen LogP contribution in [0.3, 0.4) is 0 Å². The molecule has 0 aromatic rings. The summed E-state index contributed by atoms with van der Waals surface area (Å²) in [5.41, 5.74) is 5.68. The minimum atomic E-state index is 0.839. The second-order valence-corrected chi connectivity index (χ2v) is 5.61. The van der Waals surface area contributed by atoms with Gasteiger partial charge in [-0.15, -0.1) is 0 Å². The van der Waals surface area contributed by atoms with E-state index in [4.69, 9.17) is 5.73 Å². The number of hydrogen-bond donors (Lipinski definition) is 1. The maximum Gasteiger partial charge on any atom is 0.00953 e. The largest absolute Gasteiger partial charge is 0.330 e. The zero-order chi connectivity index (χ0) is 12.5. The summed E-state index contributed by atoms with van der Waals surface area (Å²) in [5.74, 6) is 0.884. The lowest BCUT2D eigenvalue weighted by Crippen LogP contribution is -2.41. The highest BCUT2D eigenvalue weighted by Gasteiger charge is 2.22. The maximum absolute atomic E-state index is 5.68. The molecule has 1 rings (SSSR count). The Balaban J connectivity index is 2.45. The van der Waals surface area contributed by atoms with E-state index in [0.29, 0.717) is 0 Å². The number of hydrogen-bond acceptors (Lipinski definition) is 2. The van der Waals surface area contributed by atoms with Gasteiger partial charge in [-0.05, 0) is 38.3 Å². The molecule has 0 unspecified atom stereocenters. The van der Waals surface area contributed by atoms with Gasteiger partial charge < -0.3 is 10.6 Å². The molecule has 0 amide bonds. The first-order valence-corrected chi connectivity index (χ1v) is 7.75. The van der Waals surface area contributed by atoms with Crippen molar-refractivity contribution in [3.63, 3.8) is 0 Å². The van der Waals surface area contributed by atoms with Gasteiger partial charge in [0.1, 0.15) is 0 Å². The van der Waals surface area contributed by atoms with Crippen molar-refractivity contribution in [2.75, 3.05) is 19.6 Å². The summed E-state index contributed by atoms with van der Waals surface area (Å²) in [7, 11) is 0. The van der Waals surface area contributed by atoms with E-state index in [9.17, 15) is 0 Å². The lowest BCUT2D eigenvalue weighted by atomic mass is 9.92. The van der Waals surface area contributed by atoms with Gasteiger partial charge in [-0.3, -0.25) is 0 Å². The van der Waals surface area contributed by atoms with E-state index < -0.39 is 0 Å². The Morgan fingerprint density at radius 2 is 1.76 bits per heavy atom. The van der Waals surface area contributed by atoms with E-state index in [1.165, 1.54) is 58.0 Å². The first kappa shape index (κ1) is 15.0. The average Bonchev–Trinajstić information content (AvgIpc) is 2.40. The first-order chi connectivity index (χ1) is 8.31. The molecule has 1 aliphatic rings. The Kier molecular flexibility index (Phi) is 7.87. The Bertz CT molecular complexity index is 172. The Hall–Kier alpha value is -0.0800. The van der Waals surface area contributed by atoms with Crippen molar-refractivity contribution in [1.82, 2.24) is 4.90 Å². The van der Waals surface area contributed by atoms with Crippen LogP contribution in [0.2, 0.25) is 0 Å². The highest BCUT2D eigenvalue weighted by atomic mass is 15.2. The molecule has 102 valence electrons. The topological polar surface area (TPSA) is 29.3 Å². The summed E-state index contributed by atoms with van der Waals surface area (Å²) in [4.78, 5) is 2.75. The van der Waals surface area contributed by atoms with Crippen LogP contribution >= 0.6 is 0 Å². The van der Waals surface area contributed by atoms with Gasteiger partial charge in [0.05, 0.1) is 0 Å². The quantitative estimate of drug-likeness (QED) is 0.704. The Morgan fingerprint density at radius 3 is 2.29 bits per heavy atom. The average molecular weight is 240 g/mol. The monoisotopic (exact) mass is 240 g/mol. The molecule has 0 bridgehead atoms. The van der Waals surface area contributed by atoms with Gasteiger partial charge in [0, 0.05) is 12.6 Å². The first-order valence-electron chi connectivity index (χ1n) is 7.75. The van der Waals surface area contributed by atoms with E-state index >= 15 is 0 Å². The van der Waals surface area contributed by atoms with E-state index in [0.717, 1.165) is 24.9 Å². The van der Waals surface area contributed by atoms with Gasteiger partial charge in [0.25, 0.3) is 0 Å². The molecule has 0 aliphatic heterocycles. The van der Waals surface area contributed by atoms with Crippen LogP contribution < -0.4 is 5.73 Å². The summed E-state index contributed by atoms with van der Waals surface area (Å²) in [6.45, 7) is 8.02. The van der Waals surface area contributed by atoms with Gasteiger partial charge in [-0.2, -0.15) is 0 Å². The van der Waals surface area contributed by atoms with Gasteiger partial charge >= 0.3 is 0 Å². The van der Waals surface area contributed by atoms with E-state index in [2.05, 4.69) is 18.7 Å². The molecule has 0 spiro atoms. The molecule has 0 aromatic heterocycles. The summed E-state index contributed by atoms with van der Waals surface area (Å²) >= 11 is 0. The van der Waals surface area contributed by atoms with Crippen LogP contribution in [-0.2, 0) is 0 Å². The number of nitrogens with two attached hydrogens (primary N) is 1. The normalized spacial score (nSPS) is 18.2. The van der Waals surface area contributed by atoms with Gasteiger partial charge in [0.2, 0.25) is 0 Å². The predicted octanol–water partition coefficient (Wildman–Crippen LogP) is 3.41. The fourth-order valence-corrected chi connectivity index (χ4v) is 3.04. The second-order valence-electron chi connectivity index (χ2n) is 5.61. The van der Waals surface area contributed by atoms with E-state index in [-0.39, 0.29) is 0 Å². The Labute approximate surface area is 108 Å². The summed E-state index contributed by atoms with van der Waals surface area (Å²) < 4.78 is 0. The summed E-state index contributed by atoms with van der Waals surface area (Å²) in [6.07, 6.45) is 11.0. The number of rotatable bonds is 8. The second kappa shape index (κ2) is 8.93. The van der Waals surface area contributed by atoms with Crippen molar-refractivity contribution >= 4 is 0 Å². The Morgan fingerprint density at radius 1 is 1.12 bits per heavy atom. The maximum atomic E-state index is 5.68. The zero-order valence-electron chi connectivity index (χ0n) is 12.0. The molecule has 1 fully saturated rings. The van der Waals surface area contributed by atoms with Crippen LogP contribution in [0.25, 0.3) is 0 Å². The molecule has 1 aliphatic carbocycles. The van der Waals surface area contributed by atoms with Crippen molar-refractivity contribution in [1.29, 1.82) is 0 Å². The predicted molar refractivity (Wildman–Crippen MR) is 76.2 cm³/mol. The SMILES string of the molecule is CCC(CC)CN(CCCN)C1CCCCC1. The van der Waals surface area contributed by atoms with Crippen molar-refractivity contribution in [3.05, 3.63) is 0 Å². The molecule has 0 atom stereocenters. The van der Waals surface area contributed by atoms with Crippen LogP contribution in [0.1, 0.15) is 65.2 Å². The van der Waals surface area contributed by atoms with Crippen LogP contribution in [0.15, 0.2) is 0 Å². The molecule has 0 radical (unpaired) electrons. The minimum Gasteiger partial charge on any atom is -0.330 e. The fourth-order valence-electron chi connectivity index (χ4n) is 3.04. The number of nitrogens with zero attached hydrogens (tertiary/aromatic N) is 1. The van der Waals surface area contributed by atoms with Crippen LogP contribution in [-0.4, -0.2) is 30.6 Å². The van der Waals surface area contributed by atoms with Crippen molar-refractivity contribution in [2.45, 2.75) is 71.3 Å². The molecule has 2 N–H and O–H groups in total. The molecule has 0 saturated heterocycles. The lowest BCUT2D eigenvalue weighted by Gasteiger charge is -2.36. The third-order valence-corrected chi connectivity index (χ3v) is 4.39.